The minimum Gasteiger partial charge on any atom is -0.310 e. The van der Waals surface area contributed by atoms with Gasteiger partial charge in [-0.25, -0.2) is 0 Å². The molecule has 67 heavy (non-hydrogen) atoms. The van der Waals surface area contributed by atoms with Gasteiger partial charge in [-0.15, -0.1) is 11.3 Å². The Morgan fingerprint density at radius 2 is 0.866 bits per heavy atom. The summed E-state index contributed by atoms with van der Waals surface area (Å²) in [5.74, 6) is 0. The summed E-state index contributed by atoms with van der Waals surface area (Å²) >= 11 is 1.83. The molecule has 0 amide bonds. The largest absolute Gasteiger partial charge is 0.310 e. The smallest absolute Gasteiger partial charge is 0.0727 e. The zero-order valence-corrected chi connectivity index (χ0v) is 37.7. The highest BCUT2D eigenvalue weighted by Gasteiger charge is 2.52. The summed E-state index contributed by atoms with van der Waals surface area (Å²) in [6, 6.07) is 70.1. The summed E-state index contributed by atoms with van der Waals surface area (Å²) < 4.78 is 47.0. The lowest BCUT2D eigenvalue weighted by molar-refractivity contribution is 0.660. The average Bonchev–Trinajstić information content (AvgIpc) is 4.12. The maximum atomic E-state index is 9.24. The minimum atomic E-state index is -0.789. The molecule has 0 saturated carbocycles. The van der Waals surface area contributed by atoms with Crippen molar-refractivity contribution in [1.82, 2.24) is 0 Å². The van der Waals surface area contributed by atoms with E-state index in [9.17, 15) is 2.74 Å². The van der Waals surface area contributed by atoms with Crippen molar-refractivity contribution in [3.05, 3.63) is 264 Å². The lowest BCUT2D eigenvalue weighted by Crippen LogP contribution is -2.26. The van der Waals surface area contributed by atoms with E-state index in [1.165, 1.54) is 53.6 Å². The van der Waals surface area contributed by atoms with Gasteiger partial charge in [0, 0.05) is 49.3 Å². The van der Waals surface area contributed by atoms with Crippen LogP contribution in [0.5, 0.6) is 0 Å². The van der Waals surface area contributed by atoms with Gasteiger partial charge < -0.3 is 9.80 Å². The van der Waals surface area contributed by atoms with E-state index >= 15 is 0 Å². The molecule has 1 heterocycles. The van der Waals surface area contributed by atoms with Crippen LogP contribution in [0.4, 0.5) is 34.1 Å². The van der Waals surface area contributed by atoms with Gasteiger partial charge in [-0.2, -0.15) is 0 Å². The minimum absolute atomic E-state index is 0.0953. The molecule has 1 spiro atoms. The normalized spacial score (nSPS) is 16.5. The first kappa shape index (κ1) is 33.5. The van der Waals surface area contributed by atoms with Crippen molar-refractivity contribution in [3.63, 3.8) is 0 Å². The molecule has 3 aliphatic carbocycles. The second-order valence-corrected chi connectivity index (χ2v) is 19.5. The molecule has 10 aromatic carbocycles. The van der Waals surface area contributed by atoms with Gasteiger partial charge in [0.1, 0.15) is 0 Å². The number of benzene rings is 10. The van der Waals surface area contributed by atoms with E-state index in [2.05, 4.69) is 183 Å². The van der Waals surface area contributed by atoms with Gasteiger partial charge in [0.05, 0.1) is 22.7 Å². The molecule has 1 aromatic heterocycles. The summed E-state index contributed by atoms with van der Waals surface area (Å²) in [5.41, 5.74) is 18.0. The fourth-order valence-electron chi connectivity index (χ4n) is 11.9. The monoisotopic (exact) mass is 877 g/mol. The number of fused-ring (bicyclic) bond motifs is 16. The van der Waals surface area contributed by atoms with Gasteiger partial charge >= 0.3 is 0 Å². The quantitative estimate of drug-likeness (QED) is 0.164. The third-order valence-electron chi connectivity index (χ3n) is 14.7. The van der Waals surface area contributed by atoms with Crippen LogP contribution in [0.3, 0.4) is 0 Å². The Hall–Kier alpha value is -7.98. The van der Waals surface area contributed by atoms with Gasteiger partial charge in [-0.1, -0.05) is 172 Å². The van der Waals surface area contributed by atoms with Gasteiger partial charge in [0.2, 0.25) is 0 Å². The van der Waals surface area contributed by atoms with Crippen LogP contribution in [0.15, 0.2) is 230 Å². The van der Waals surface area contributed by atoms with Gasteiger partial charge in [0.15, 0.2) is 0 Å². The summed E-state index contributed by atoms with van der Waals surface area (Å²) in [4.78, 5) is 4.30. The Labute approximate surface area is 402 Å². The van der Waals surface area contributed by atoms with Crippen LogP contribution in [0.1, 0.15) is 54.1 Å². The van der Waals surface area contributed by atoms with Crippen LogP contribution in [-0.2, 0) is 10.8 Å². The molecule has 0 fully saturated rings. The Bertz CT molecular complexity index is 4080. The molecular weight excluding hydrogens is 829 g/mol. The second-order valence-electron chi connectivity index (χ2n) is 18.4. The van der Waals surface area contributed by atoms with E-state index in [1.807, 2.05) is 52.6 Å². The first-order valence-corrected chi connectivity index (χ1v) is 23.7. The number of rotatable bonds is 6. The maximum absolute atomic E-state index is 9.24. The van der Waals surface area contributed by atoms with E-state index < -0.39 is 11.5 Å². The van der Waals surface area contributed by atoms with E-state index in [0.29, 0.717) is 11.4 Å². The van der Waals surface area contributed by atoms with E-state index in [-0.39, 0.29) is 35.3 Å². The Kier molecular flexibility index (Phi) is 7.13. The SMILES string of the molecule is [2H]c1c([2H])c([2H])c(N(c2ccccc2)c2ccc3c(c2)C2(c4ccccc4-3)c3ccccc3-c3ccc(N(c4ccc5c(c4)C(C)(C)c4ccccc4-5)c4cccc5c4sc4ccccc45)cc32)c([2H])c1[2H]. The van der Waals surface area contributed by atoms with Crippen LogP contribution in [0, 0.1) is 0 Å². The molecule has 0 aliphatic heterocycles. The summed E-state index contributed by atoms with van der Waals surface area (Å²) in [6.07, 6.45) is 0. The lowest BCUT2D eigenvalue weighted by Gasteiger charge is -2.33. The Morgan fingerprint density at radius 3 is 1.52 bits per heavy atom. The number of hydrogen-bond donors (Lipinski definition) is 0. The van der Waals surface area contributed by atoms with Crippen LogP contribution in [-0.4, -0.2) is 0 Å². The van der Waals surface area contributed by atoms with Crippen molar-refractivity contribution in [2.24, 2.45) is 0 Å². The molecule has 0 bridgehead atoms. The zero-order valence-electron chi connectivity index (χ0n) is 41.9. The highest BCUT2D eigenvalue weighted by atomic mass is 32.1. The molecule has 3 heteroatoms. The first-order chi connectivity index (χ1) is 35.1. The molecule has 2 nitrogen and oxygen atoms in total. The third-order valence-corrected chi connectivity index (χ3v) is 16.0. The highest BCUT2D eigenvalue weighted by Crippen LogP contribution is 2.64. The average molecular weight is 878 g/mol. The molecule has 316 valence electrons. The Balaban J connectivity index is 1.04. The predicted molar refractivity (Wildman–Crippen MR) is 283 cm³/mol. The fraction of sp³-hybridized carbons (Fsp3) is 0.0625. The fourth-order valence-corrected chi connectivity index (χ4v) is 13.1. The number of para-hydroxylation sites is 2. The van der Waals surface area contributed by atoms with Crippen molar-refractivity contribution < 1.29 is 6.85 Å². The molecule has 1 unspecified atom stereocenters. The molecular formula is C64H44N2S. The van der Waals surface area contributed by atoms with Crippen LogP contribution < -0.4 is 9.80 Å². The van der Waals surface area contributed by atoms with E-state index in [1.54, 1.807) is 0 Å². The van der Waals surface area contributed by atoms with E-state index in [4.69, 9.17) is 4.11 Å². The molecule has 1 atom stereocenters. The zero-order chi connectivity index (χ0) is 48.8. The molecule has 0 saturated heterocycles. The third kappa shape index (κ3) is 5.32. The van der Waals surface area contributed by atoms with Crippen molar-refractivity contribution in [3.8, 4) is 33.4 Å². The van der Waals surface area contributed by atoms with E-state index in [0.717, 1.165) is 50.4 Å². The molecule has 0 radical (unpaired) electrons. The number of nitrogens with zero attached hydrogens (tertiary/aromatic N) is 2. The highest BCUT2D eigenvalue weighted by molar-refractivity contribution is 7.26. The van der Waals surface area contributed by atoms with Crippen molar-refractivity contribution >= 4 is 65.6 Å². The number of hydrogen-bond acceptors (Lipinski definition) is 3. The van der Waals surface area contributed by atoms with Crippen molar-refractivity contribution in [2.75, 3.05) is 9.80 Å². The molecule has 0 N–H and O–H groups in total. The van der Waals surface area contributed by atoms with Crippen LogP contribution >= 0.6 is 11.3 Å². The maximum Gasteiger partial charge on any atom is 0.0727 e. The van der Waals surface area contributed by atoms with Crippen LogP contribution in [0.25, 0.3) is 53.6 Å². The summed E-state index contributed by atoms with van der Waals surface area (Å²) in [7, 11) is 0. The topological polar surface area (TPSA) is 6.48 Å². The Morgan fingerprint density at radius 1 is 0.373 bits per heavy atom. The number of thiophene rings is 1. The van der Waals surface area contributed by atoms with Crippen molar-refractivity contribution in [2.45, 2.75) is 24.7 Å². The molecule has 3 aliphatic rings. The second kappa shape index (κ2) is 14.3. The van der Waals surface area contributed by atoms with Crippen molar-refractivity contribution in [1.29, 1.82) is 0 Å². The van der Waals surface area contributed by atoms with Gasteiger partial charge in [-0.3, -0.25) is 0 Å². The molecule has 11 aromatic rings. The van der Waals surface area contributed by atoms with Gasteiger partial charge in [-0.05, 0) is 140 Å². The van der Waals surface area contributed by atoms with Crippen LogP contribution in [0.2, 0.25) is 0 Å². The standard InChI is InChI=1S/C64H44N2S/c1-63(2)54-27-13-9-22-46(54)49-35-33-44(38-57(49)63)66(60-30-17-26-53-52-25-12-16-31-61(52)67-62(53)60)45-34-37-51-48-24-11-15-29-56(48)64(59(51)40-45)55-28-14-10-23-47(55)50-36-32-43(39-58(50)64)65(41-18-5-3-6-19-41)42-20-7-4-8-21-42/h3-40H,1-2H3/i3D,5D,6D,18D,19D. The molecule has 14 rings (SSSR count). The predicted octanol–water partition coefficient (Wildman–Crippen LogP) is 17.6. The summed E-state index contributed by atoms with van der Waals surface area (Å²) in [6.45, 7) is 4.68. The first-order valence-electron chi connectivity index (χ1n) is 25.4. The summed E-state index contributed by atoms with van der Waals surface area (Å²) in [5, 5.41) is 2.47. The number of anilines is 6. The van der Waals surface area contributed by atoms with Gasteiger partial charge in [0.25, 0.3) is 0 Å². The lowest BCUT2D eigenvalue weighted by atomic mass is 9.70.